The first kappa shape index (κ1) is 9.48. The number of primary amides is 1. The second-order valence-electron chi connectivity index (χ2n) is 3.31. The molecule has 0 spiro atoms. The maximum Gasteiger partial charge on any atom is 0.218 e. The molecule has 70 valence electrons. The largest absolute Gasteiger partial charge is 0.392 e. The molecule has 0 bridgehead atoms. The number of hydrogen-bond donors (Lipinski definition) is 2. The molecule has 1 rings (SSSR count). The van der Waals surface area contributed by atoms with Gasteiger partial charge in [-0.1, -0.05) is 0 Å². The number of amides is 1. The van der Waals surface area contributed by atoms with Gasteiger partial charge >= 0.3 is 0 Å². The maximum atomic E-state index is 10.5. The first-order valence-corrected chi connectivity index (χ1v) is 4.37. The van der Waals surface area contributed by atoms with Crippen molar-refractivity contribution in [2.75, 3.05) is 19.6 Å². The van der Waals surface area contributed by atoms with Crippen molar-refractivity contribution < 1.29 is 9.90 Å². The molecule has 1 fully saturated rings. The molecule has 1 saturated heterocycles. The SMILES string of the molecule is NC(=O)CCN1CCCC(O)C1. The van der Waals surface area contributed by atoms with E-state index in [1.54, 1.807) is 0 Å². The molecule has 1 atom stereocenters. The van der Waals surface area contributed by atoms with Crippen molar-refractivity contribution in [1.82, 2.24) is 4.90 Å². The smallest absolute Gasteiger partial charge is 0.218 e. The van der Waals surface area contributed by atoms with Gasteiger partial charge < -0.3 is 15.7 Å². The predicted octanol–water partition coefficient (Wildman–Crippen LogP) is -0.682. The minimum absolute atomic E-state index is 0.216. The lowest BCUT2D eigenvalue weighted by Gasteiger charge is -2.29. The van der Waals surface area contributed by atoms with E-state index < -0.39 is 0 Å². The molecule has 0 aromatic rings. The van der Waals surface area contributed by atoms with Gasteiger partial charge in [-0.25, -0.2) is 0 Å². The van der Waals surface area contributed by atoms with Gasteiger partial charge in [0.25, 0.3) is 0 Å². The summed E-state index contributed by atoms with van der Waals surface area (Å²) in [7, 11) is 0. The molecule has 12 heavy (non-hydrogen) atoms. The monoisotopic (exact) mass is 172 g/mol. The molecule has 4 nitrogen and oxygen atoms in total. The molecular formula is C8H16N2O2. The summed E-state index contributed by atoms with van der Waals surface area (Å²) in [6.45, 7) is 2.35. The fourth-order valence-electron chi connectivity index (χ4n) is 1.50. The first-order chi connectivity index (χ1) is 5.68. The van der Waals surface area contributed by atoms with Crippen molar-refractivity contribution in [2.45, 2.75) is 25.4 Å². The third-order valence-electron chi connectivity index (χ3n) is 2.16. The molecule has 0 saturated carbocycles. The molecule has 0 aliphatic carbocycles. The van der Waals surface area contributed by atoms with Gasteiger partial charge in [-0.15, -0.1) is 0 Å². The number of piperidine rings is 1. The number of aliphatic hydroxyl groups excluding tert-OH is 1. The number of β-amino-alcohol motifs (C(OH)–C–C–N with tert-alkyl or cyclic N) is 1. The molecule has 1 heterocycles. The van der Waals surface area contributed by atoms with E-state index in [0.29, 0.717) is 19.5 Å². The van der Waals surface area contributed by atoms with E-state index in [2.05, 4.69) is 4.90 Å². The van der Waals surface area contributed by atoms with Crippen LogP contribution in [0.4, 0.5) is 0 Å². The van der Waals surface area contributed by atoms with E-state index in [0.717, 1.165) is 19.4 Å². The van der Waals surface area contributed by atoms with Gasteiger partial charge in [0.15, 0.2) is 0 Å². The molecule has 0 aromatic heterocycles. The van der Waals surface area contributed by atoms with Gasteiger partial charge in [0, 0.05) is 19.5 Å². The Labute approximate surface area is 72.3 Å². The molecule has 1 amide bonds. The minimum atomic E-state index is -0.268. The molecule has 3 N–H and O–H groups in total. The number of nitrogens with zero attached hydrogens (tertiary/aromatic N) is 1. The average molecular weight is 172 g/mol. The van der Waals surface area contributed by atoms with E-state index in [1.807, 2.05) is 0 Å². The average Bonchev–Trinajstić information content (AvgIpc) is 2.01. The number of hydrogen-bond acceptors (Lipinski definition) is 3. The van der Waals surface area contributed by atoms with Gasteiger partial charge in [-0.3, -0.25) is 4.79 Å². The van der Waals surface area contributed by atoms with Crippen LogP contribution in [0.3, 0.4) is 0 Å². The van der Waals surface area contributed by atoms with Crippen molar-refractivity contribution in [1.29, 1.82) is 0 Å². The van der Waals surface area contributed by atoms with Crippen LogP contribution in [0.2, 0.25) is 0 Å². The van der Waals surface area contributed by atoms with Gasteiger partial charge in [0.1, 0.15) is 0 Å². The molecule has 1 aliphatic heterocycles. The van der Waals surface area contributed by atoms with E-state index >= 15 is 0 Å². The lowest BCUT2D eigenvalue weighted by atomic mass is 10.1. The van der Waals surface area contributed by atoms with Crippen molar-refractivity contribution >= 4 is 5.91 Å². The quantitative estimate of drug-likeness (QED) is 0.592. The highest BCUT2D eigenvalue weighted by atomic mass is 16.3. The summed E-state index contributed by atoms with van der Waals surface area (Å²) in [5, 5.41) is 9.29. The second-order valence-corrected chi connectivity index (χ2v) is 3.31. The Kier molecular flexibility index (Phi) is 3.49. The van der Waals surface area contributed by atoms with E-state index in [9.17, 15) is 9.90 Å². The van der Waals surface area contributed by atoms with Crippen molar-refractivity contribution in [3.63, 3.8) is 0 Å². The highest BCUT2D eigenvalue weighted by molar-refractivity contribution is 5.73. The highest BCUT2D eigenvalue weighted by Crippen LogP contribution is 2.09. The Morgan fingerprint density at radius 3 is 3.00 bits per heavy atom. The number of aliphatic hydroxyl groups is 1. The van der Waals surface area contributed by atoms with Crippen molar-refractivity contribution in [2.24, 2.45) is 5.73 Å². The third-order valence-corrected chi connectivity index (χ3v) is 2.16. The molecule has 1 aliphatic rings. The van der Waals surface area contributed by atoms with Crippen molar-refractivity contribution in [3.05, 3.63) is 0 Å². The maximum absolute atomic E-state index is 10.5. The zero-order chi connectivity index (χ0) is 8.97. The summed E-state index contributed by atoms with van der Waals surface area (Å²) in [6, 6.07) is 0. The number of carbonyl (C=O) groups is 1. The predicted molar refractivity (Wildman–Crippen MR) is 45.5 cm³/mol. The lowest BCUT2D eigenvalue weighted by molar-refractivity contribution is -0.118. The summed E-state index contributed by atoms with van der Waals surface area (Å²) in [4.78, 5) is 12.5. The van der Waals surface area contributed by atoms with E-state index in [4.69, 9.17) is 5.73 Å². The Bertz CT molecular complexity index is 161. The van der Waals surface area contributed by atoms with Crippen LogP contribution >= 0.6 is 0 Å². The molecule has 0 radical (unpaired) electrons. The minimum Gasteiger partial charge on any atom is -0.392 e. The van der Waals surface area contributed by atoms with Crippen LogP contribution in [0, 0.1) is 0 Å². The fraction of sp³-hybridized carbons (Fsp3) is 0.875. The molecule has 1 unspecified atom stereocenters. The molecular weight excluding hydrogens is 156 g/mol. The van der Waals surface area contributed by atoms with Crippen LogP contribution in [0.25, 0.3) is 0 Å². The third kappa shape index (κ3) is 3.19. The number of rotatable bonds is 3. The molecule has 4 heteroatoms. The summed E-state index contributed by atoms with van der Waals surface area (Å²) in [5.41, 5.74) is 5.02. The first-order valence-electron chi connectivity index (χ1n) is 4.37. The summed E-state index contributed by atoms with van der Waals surface area (Å²) in [6.07, 6.45) is 2.08. The highest BCUT2D eigenvalue weighted by Gasteiger charge is 2.17. The topological polar surface area (TPSA) is 66.6 Å². The van der Waals surface area contributed by atoms with Gasteiger partial charge in [-0.05, 0) is 19.4 Å². The van der Waals surface area contributed by atoms with Gasteiger partial charge in [-0.2, -0.15) is 0 Å². The fourth-order valence-corrected chi connectivity index (χ4v) is 1.50. The van der Waals surface area contributed by atoms with Crippen LogP contribution in [0.5, 0.6) is 0 Å². The summed E-state index contributed by atoms with van der Waals surface area (Å²) < 4.78 is 0. The van der Waals surface area contributed by atoms with Crippen LogP contribution in [-0.4, -0.2) is 41.7 Å². The van der Waals surface area contributed by atoms with Crippen LogP contribution in [-0.2, 0) is 4.79 Å². The van der Waals surface area contributed by atoms with Gasteiger partial charge in [0.2, 0.25) is 5.91 Å². The zero-order valence-corrected chi connectivity index (χ0v) is 7.20. The van der Waals surface area contributed by atoms with Gasteiger partial charge in [0.05, 0.1) is 6.10 Å². The van der Waals surface area contributed by atoms with E-state index in [1.165, 1.54) is 0 Å². The normalized spacial score (nSPS) is 25.6. The van der Waals surface area contributed by atoms with E-state index in [-0.39, 0.29) is 12.0 Å². The number of nitrogens with two attached hydrogens (primary N) is 1. The molecule has 0 aromatic carbocycles. The second kappa shape index (κ2) is 4.42. The summed E-state index contributed by atoms with van der Waals surface area (Å²) >= 11 is 0. The Balaban J connectivity index is 2.18. The van der Waals surface area contributed by atoms with Crippen LogP contribution in [0.1, 0.15) is 19.3 Å². The van der Waals surface area contributed by atoms with Crippen LogP contribution in [0.15, 0.2) is 0 Å². The standard InChI is InChI=1S/C8H16N2O2/c9-8(12)3-5-10-4-1-2-7(11)6-10/h7,11H,1-6H2,(H2,9,12). The number of likely N-dealkylation sites (tertiary alicyclic amines) is 1. The number of carbonyl (C=O) groups excluding carboxylic acids is 1. The zero-order valence-electron chi connectivity index (χ0n) is 7.20. The summed E-state index contributed by atoms with van der Waals surface area (Å²) in [5.74, 6) is -0.268. The Morgan fingerprint density at radius 1 is 1.67 bits per heavy atom. The Hall–Kier alpha value is -0.610. The van der Waals surface area contributed by atoms with Crippen LogP contribution < -0.4 is 5.73 Å². The van der Waals surface area contributed by atoms with Crippen molar-refractivity contribution in [3.8, 4) is 0 Å². The lowest BCUT2D eigenvalue weighted by Crippen LogP contribution is -2.39. The Morgan fingerprint density at radius 2 is 2.42 bits per heavy atom.